The molecule has 0 aromatic heterocycles. The fourth-order valence-corrected chi connectivity index (χ4v) is 2.22. The number of hydrogen-bond acceptors (Lipinski definition) is 4. The lowest BCUT2D eigenvalue weighted by Crippen LogP contribution is -2.42. The summed E-state index contributed by atoms with van der Waals surface area (Å²) < 4.78 is 10.2. The number of benzene rings is 1. The van der Waals surface area contributed by atoms with Crippen LogP contribution in [0.25, 0.3) is 0 Å². The van der Waals surface area contributed by atoms with Crippen molar-refractivity contribution in [3.05, 3.63) is 24.3 Å². The van der Waals surface area contributed by atoms with E-state index in [1.807, 2.05) is 6.07 Å². The third kappa shape index (κ3) is 2.81. The number of nitrogens with zero attached hydrogens (tertiary/aromatic N) is 1. The molecular weight excluding hydrogens is 270 g/mol. The van der Waals surface area contributed by atoms with Crippen LogP contribution in [-0.2, 0) is 14.3 Å². The highest BCUT2D eigenvalue weighted by Crippen LogP contribution is 2.31. The molecule has 6 heteroatoms. The summed E-state index contributed by atoms with van der Waals surface area (Å²) in [6.07, 6.45) is 0.167. The number of halogens is 1. The average molecular weight is 284 g/mol. The number of para-hydroxylation sites is 2. The molecule has 0 spiro atoms. The summed E-state index contributed by atoms with van der Waals surface area (Å²) in [5, 5.41) is 0. The lowest BCUT2D eigenvalue weighted by molar-refractivity contribution is -0.138. The minimum atomic E-state index is -0.338. The molecule has 102 valence electrons. The molecule has 1 unspecified atom stereocenters. The summed E-state index contributed by atoms with van der Waals surface area (Å²) in [5.41, 5.74) is 0.596. The van der Waals surface area contributed by atoms with Crippen LogP contribution in [0.4, 0.5) is 5.69 Å². The number of rotatable bonds is 4. The summed E-state index contributed by atoms with van der Waals surface area (Å²) in [7, 11) is 1.53. The van der Waals surface area contributed by atoms with E-state index >= 15 is 0 Å². The fourth-order valence-electron chi connectivity index (χ4n) is 2.09. The Kier molecular flexibility index (Phi) is 4.27. The molecule has 1 aliphatic rings. The van der Waals surface area contributed by atoms with Gasteiger partial charge in [-0.3, -0.25) is 9.59 Å². The van der Waals surface area contributed by atoms with Gasteiger partial charge in [0.1, 0.15) is 18.2 Å². The first-order valence-corrected chi connectivity index (χ1v) is 6.37. The fraction of sp³-hybridized carbons (Fsp3) is 0.385. The first kappa shape index (κ1) is 13.7. The van der Waals surface area contributed by atoms with Gasteiger partial charge >= 0.3 is 5.97 Å². The van der Waals surface area contributed by atoms with Gasteiger partial charge in [0.15, 0.2) is 0 Å². The van der Waals surface area contributed by atoms with Crippen LogP contribution in [0.3, 0.4) is 0 Å². The lowest BCUT2D eigenvalue weighted by atomic mass is 10.1. The van der Waals surface area contributed by atoms with Crippen molar-refractivity contribution in [1.82, 2.24) is 0 Å². The number of carbonyl (C=O) groups is 2. The number of methoxy groups -OCH3 is 1. The Hall–Kier alpha value is -1.75. The molecule has 2 rings (SSSR count). The van der Waals surface area contributed by atoms with Gasteiger partial charge < -0.3 is 14.4 Å². The van der Waals surface area contributed by atoms with Crippen LogP contribution in [0.2, 0.25) is 0 Å². The highest BCUT2D eigenvalue weighted by atomic mass is 35.5. The molecule has 1 aromatic rings. The Balaban J connectivity index is 2.37. The Morgan fingerprint density at radius 1 is 1.53 bits per heavy atom. The van der Waals surface area contributed by atoms with Gasteiger partial charge in [0.05, 0.1) is 25.3 Å². The maximum absolute atomic E-state index is 12.0. The van der Waals surface area contributed by atoms with Gasteiger partial charge in [-0.25, -0.2) is 0 Å². The molecular formula is C13H14ClNO4. The summed E-state index contributed by atoms with van der Waals surface area (Å²) in [5.74, 6) is -0.204. The van der Waals surface area contributed by atoms with Crippen LogP contribution < -0.4 is 9.64 Å². The molecule has 1 aliphatic heterocycles. The highest BCUT2D eigenvalue weighted by Gasteiger charge is 2.34. The lowest BCUT2D eigenvalue weighted by Gasteiger charge is -2.28. The zero-order valence-corrected chi connectivity index (χ0v) is 11.2. The maximum Gasteiger partial charge on any atom is 0.308 e. The second-order valence-corrected chi connectivity index (χ2v) is 4.38. The molecule has 5 nitrogen and oxygen atoms in total. The second-order valence-electron chi connectivity index (χ2n) is 4.11. The second kappa shape index (κ2) is 5.93. The molecule has 1 saturated heterocycles. The SMILES string of the molecule is COc1ccccc1N(C(=O)CCl)C1COC(=O)C1. The van der Waals surface area contributed by atoms with Crippen molar-refractivity contribution < 1.29 is 19.1 Å². The molecule has 1 atom stereocenters. The third-order valence-electron chi connectivity index (χ3n) is 2.93. The van der Waals surface area contributed by atoms with Crippen LogP contribution in [0.1, 0.15) is 6.42 Å². The van der Waals surface area contributed by atoms with Crippen LogP contribution in [-0.4, -0.2) is 37.5 Å². The third-order valence-corrected chi connectivity index (χ3v) is 3.16. The van der Waals surface area contributed by atoms with E-state index in [-0.39, 0.29) is 36.8 Å². The molecule has 1 aromatic carbocycles. The minimum Gasteiger partial charge on any atom is -0.495 e. The molecule has 0 N–H and O–H groups in total. The number of hydrogen-bond donors (Lipinski definition) is 0. The van der Waals surface area contributed by atoms with Crippen LogP contribution in [0, 0.1) is 0 Å². The summed E-state index contributed by atoms with van der Waals surface area (Å²) in [4.78, 5) is 24.8. The van der Waals surface area contributed by atoms with Gasteiger partial charge in [0.2, 0.25) is 5.91 Å². The van der Waals surface area contributed by atoms with Crippen molar-refractivity contribution in [3.63, 3.8) is 0 Å². The van der Waals surface area contributed by atoms with E-state index in [1.54, 1.807) is 18.2 Å². The smallest absolute Gasteiger partial charge is 0.308 e. The van der Waals surface area contributed by atoms with E-state index in [0.29, 0.717) is 11.4 Å². The topological polar surface area (TPSA) is 55.8 Å². The number of cyclic esters (lactones) is 1. The van der Waals surface area contributed by atoms with Crippen LogP contribution in [0.5, 0.6) is 5.75 Å². The van der Waals surface area contributed by atoms with Crippen molar-refractivity contribution in [2.24, 2.45) is 0 Å². The minimum absolute atomic E-state index is 0.164. The standard InChI is InChI=1S/C13H14ClNO4/c1-18-11-5-3-2-4-10(11)15(12(16)7-14)9-6-13(17)19-8-9/h2-5,9H,6-8H2,1H3. The number of ether oxygens (including phenoxy) is 2. The Morgan fingerprint density at radius 2 is 2.26 bits per heavy atom. The molecule has 0 bridgehead atoms. The molecule has 0 aliphatic carbocycles. The van der Waals surface area contributed by atoms with E-state index in [4.69, 9.17) is 21.1 Å². The Bertz CT molecular complexity index is 491. The first-order chi connectivity index (χ1) is 9.17. The van der Waals surface area contributed by atoms with Crippen LogP contribution in [0.15, 0.2) is 24.3 Å². The van der Waals surface area contributed by atoms with E-state index in [2.05, 4.69) is 0 Å². The average Bonchev–Trinajstić information content (AvgIpc) is 2.85. The highest BCUT2D eigenvalue weighted by molar-refractivity contribution is 6.29. The largest absolute Gasteiger partial charge is 0.495 e. The maximum atomic E-state index is 12.0. The van der Waals surface area contributed by atoms with E-state index in [9.17, 15) is 9.59 Å². The molecule has 1 heterocycles. The van der Waals surface area contributed by atoms with E-state index in [0.717, 1.165) is 0 Å². The first-order valence-electron chi connectivity index (χ1n) is 5.84. The normalized spacial score (nSPS) is 18.0. The number of anilines is 1. The number of alkyl halides is 1. The van der Waals surface area contributed by atoms with E-state index < -0.39 is 0 Å². The van der Waals surface area contributed by atoms with Gasteiger partial charge in [-0.15, -0.1) is 11.6 Å². The van der Waals surface area contributed by atoms with Crippen molar-refractivity contribution in [3.8, 4) is 5.75 Å². The van der Waals surface area contributed by atoms with Crippen molar-refractivity contribution >= 4 is 29.2 Å². The van der Waals surface area contributed by atoms with Gasteiger partial charge in [-0.05, 0) is 12.1 Å². The van der Waals surface area contributed by atoms with E-state index in [1.165, 1.54) is 12.0 Å². The summed E-state index contributed by atoms with van der Waals surface area (Å²) in [6.45, 7) is 0.180. The Labute approximate surface area is 116 Å². The Morgan fingerprint density at radius 3 is 2.84 bits per heavy atom. The number of esters is 1. The molecule has 19 heavy (non-hydrogen) atoms. The molecule has 0 radical (unpaired) electrons. The predicted molar refractivity (Wildman–Crippen MR) is 70.6 cm³/mol. The molecule has 1 amide bonds. The van der Waals surface area contributed by atoms with Gasteiger partial charge in [0.25, 0.3) is 0 Å². The number of amides is 1. The van der Waals surface area contributed by atoms with Crippen molar-refractivity contribution in [2.75, 3.05) is 24.5 Å². The van der Waals surface area contributed by atoms with Crippen molar-refractivity contribution in [1.29, 1.82) is 0 Å². The summed E-state index contributed by atoms with van der Waals surface area (Å²) in [6, 6.07) is 6.77. The molecule has 1 fully saturated rings. The van der Waals surface area contributed by atoms with Crippen molar-refractivity contribution in [2.45, 2.75) is 12.5 Å². The zero-order chi connectivity index (χ0) is 13.8. The zero-order valence-electron chi connectivity index (χ0n) is 10.5. The predicted octanol–water partition coefficient (Wildman–Crippen LogP) is 1.58. The summed E-state index contributed by atoms with van der Waals surface area (Å²) >= 11 is 5.65. The van der Waals surface area contributed by atoms with Gasteiger partial charge in [0, 0.05) is 0 Å². The van der Waals surface area contributed by atoms with Gasteiger partial charge in [-0.2, -0.15) is 0 Å². The van der Waals surface area contributed by atoms with Crippen LogP contribution >= 0.6 is 11.6 Å². The molecule has 0 saturated carbocycles. The number of carbonyl (C=O) groups excluding carboxylic acids is 2. The van der Waals surface area contributed by atoms with Gasteiger partial charge in [-0.1, -0.05) is 12.1 Å². The quantitative estimate of drug-likeness (QED) is 0.622. The monoisotopic (exact) mass is 283 g/mol.